The van der Waals surface area contributed by atoms with Crippen molar-refractivity contribution in [2.24, 2.45) is 0 Å². The number of halogens is 2. The van der Waals surface area contributed by atoms with Crippen LogP contribution in [0.5, 0.6) is 0 Å². The first-order chi connectivity index (χ1) is 5.92. The predicted octanol–water partition coefficient (Wildman–Crippen LogP) is 2.72. The zero-order chi connectivity index (χ0) is 10.5. The fourth-order valence-corrected chi connectivity index (χ4v) is 0.693. The summed E-state index contributed by atoms with van der Waals surface area (Å²) in [6.07, 6.45) is 1.84. The molecule has 0 saturated heterocycles. The van der Waals surface area contributed by atoms with Crippen molar-refractivity contribution in [1.29, 1.82) is 0 Å². The third kappa shape index (κ3) is 4.16. The first kappa shape index (κ1) is 13.0. The Kier molecular flexibility index (Phi) is 5.68. The van der Waals surface area contributed by atoms with Crippen LogP contribution >= 0.6 is 23.6 Å². The summed E-state index contributed by atoms with van der Waals surface area (Å²) < 4.78 is 5.77. The Balaban J connectivity index is 3.95. The van der Waals surface area contributed by atoms with E-state index in [0.717, 1.165) is 16.8 Å². The molecule has 0 saturated carbocycles. The molecule has 0 aromatic rings. The number of hydrogen-bond donors (Lipinski definition) is 0. The van der Waals surface area contributed by atoms with E-state index >= 15 is 0 Å². The Morgan fingerprint density at radius 1 is 1.46 bits per heavy atom. The van der Waals surface area contributed by atoms with E-state index in [1.165, 1.54) is 0 Å². The van der Waals surface area contributed by atoms with Crippen LogP contribution in [0.3, 0.4) is 0 Å². The van der Waals surface area contributed by atoms with Crippen molar-refractivity contribution < 1.29 is 9.53 Å². The molecule has 0 bridgehead atoms. The zero-order valence-corrected chi connectivity index (χ0v) is 9.65. The van der Waals surface area contributed by atoms with Gasteiger partial charge >= 0.3 is 5.97 Å². The van der Waals surface area contributed by atoms with Gasteiger partial charge in [-0.05, 0) is 43.8 Å². The maximum absolute atomic E-state index is 11.3. The van der Waals surface area contributed by atoms with Crippen LogP contribution in [0.25, 0.3) is 0 Å². The maximum atomic E-state index is 11.3. The smallest absolute Gasteiger partial charge is 0.328 e. The number of carbonyl (C=O) groups excluding carboxylic acids is 1. The molecule has 0 aliphatic rings. The van der Waals surface area contributed by atoms with E-state index in [2.05, 4.69) is 0 Å². The summed E-state index contributed by atoms with van der Waals surface area (Å²) in [7, 11) is 0. The lowest BCUT2D eigenvalue weighted by molar-refractivity contribution is -0.151. The Morgan fingerprint density at radius 3 is 2.38 bits per heavy atom. The summed E-state index contributed by atoms with van der Waals surface area (Å²) >= 11 is 11.0. The normalized spacial score (nSPS) is 11.8. The van der Waals surface area contributed by atoms with Gasteiger partial charge in [0.05, 0.1) is 6.61 Å². The fourth-order valence-electron chi connectivity index (χ4n) is 0.555. The molecule has 0 spiro atoms. The minimum atomic E-state index is -0.989. The van der Waals surface area contributed by atoms with Crippen molar-refractivity contribution >= 4 is 29.5 Å². The SMILES string of the molecule is CCCCOC(=O)C(C)(C)N(Cl)Cl. The van der Waals surface area contributed by atoms with E-state index in [0.29, 0.717) is 6.61 Å². The first-order valence-corrected chi connectivity index (χ1v) is 4.89. The van der Waals surface area contributed by atoms with E-state index < -0.39 is 11.5 Å². The molecule has 0 aliphatic carbocycles. The summed E-state index contributed by atoms with van der Waals surface area (Å²) in [5.41, 5.74) is -0.989. The van der Waals surface area contributed by atoms with Crippen molar-refractivity contribution in [3.8, 4) is 0 Å². The average Bonchev–Trinajstić information content (AvgIpc) is 2.04. The Labute approximate surface area is 89.2 Å². The van der Waals surface area contributed by atoms with Crippen LogP contribution < -0.4 is 0 Å². The molecule has 0 amide bonds. The second-order valence-electron chi connectivity index (χ2n) is 3.28. The van der Waals surface area contributed by atoms with Gasteiger partial charge in [-0.15, -0.1) is 3.94 Å². The molecule has 0 aliphatic heterocycles. The molecule has 0 fully saturated rings. The highest BCUT2D eigenvalue weighted by Crippen LogP contribution is 2.21. The predicted molar refractivity (Wildman–Crippen MR) is 53.5 cm³/mol. The number of rotatable bonds is 5. The molecule has 0 rings (SSSR count). The highest BCUT2D eigenvalue weighted by atomic mass is 35.5. The molecule has 5 heteroatoms. The third-order valence-corrected chi connectivity index (χ3v) is 2.50. The second-order valence-corrected chi connectivity index (χ2v) is 4.13. The van der Waals surface area contributed by atoms with Gasteiger partial charge in [-0.2, -0.15) is 0 Å². The summed E-state index contributed by atoms with van der Waals surface area (Å²) in [6, 6.07) is 0. The summed E-state index contributed by atoms with van der Waals surface area (Å²) in [4.78, 5) is 11.3. The number of ether oxygens (including phenoxy) is 1. The number of esters is 1. The number of hydrogen-bond acceptors (Lipinski definition) is 3. The van der Waals surface area contributed by atoms with Gasteiger partial charge in [0.15, 0.2) is 0 Å². The molecule has 0 aromatic heterocycles. The van der Waals surface area contributed by atoms with Crippen LogP contribution in [0.2, 0.25) is 0 Å². The number of unbranched alkanes of at least 4 members (excludes halogenated alkanes) is 1. The van der Waals surface area contributed by atoms with Gasteiger partial charge in [-0.25, -0.2) is 4.79 Å². The van der Waals surface area contributed by atoms with Crippen molar-refractivity contribution in [2.75, 3.05) is 6.61 Å². The maximum Gasteiger partial charge on any atom is 0.328 e. The zero-order valence-electron chi connectivity index (χ0n) is 8.14. The van der Waals surface area contributed by atoms with Crippen LogP contribution in [0.15, 0.2) is 0 Å². The number of carbonyl (C=O) groups is 1. The topological polar surface area (TPSA) is 29.5 Å². The summed E-state index contributed by atoms with van der Waals surface area (Å²) in [6.45, 7) is 5.64. The quantitative estimate of drug-likeness (QED) is 0.411. The first-order valence-electron chi connectivity index (χ1n) is 4.22. The van der Waals surface area contributed by atoms with Crippen molar-refractivity contribution in [3.63, 3.8) is 0 Å². The molecular weight excluding hydrogens is 213 g/mol. The second kappa shape index (κ2) is 5.68. The van der Waals surface area contributed by atoms with Gasteiger partial charge < -0.3 is 4.74 Å². The van der Waals surface area contributed by atoms with E-state index in [1.807, 2.05) is 6.92 Å². The minimum absolute atomic E-state index is 0.411. The van der Waals surface area contributed by atoms with E-state index in [9.17, 15) is 4.79 Å². The third-order valence-electron chi connectivity index (χ3n) is 1.65. The lowest BCUT2D eigenvalue weighted by Crippen LogP contribution is -2.41. The lowest BCUT2D eigenvalue weighted by Gasteiger charge is -2.24. The monoisotopic (exact) mass is 227 g/mol. The average molecular weight is 228 g/mol. The van der Waals surface area contributed by atoms with Gasteiger partial charge in [-0.3, -0.25) is 0 Å². The van der Waals surface area contributed by atoms with Gasteiger partial charge in [0.2, 0.25) is 0 Å². The summed E-state index contributed by atoms with van der Waals surface area (Å²) in [5, 5.41) is 0. The molecule has 13 heavy (non-hydrogen) atoms. The van der Waals surface area contributed by atoms with Crippen molar-refractivity contribution in [1.82, 2.24) is 3.94 Å². The van der Waals surface area contributed by atoms with Gasteiger partial charge in [0.25, 0.3) is 0 Å². The van der Waals surface area contributed by atoms with Crippen LogP contribution in [0.1, 0.15) is 33.6 Å². The molecule has 0 unspecified atom stereocenters. The highest BCUT2D eigenvalue weighted by Gasteiger charge is 2.35. The molecule has 3 nitrogen and oxygen atoms in total. The molecule has 0 radical (unpaired) electrons. The molecule has 0 atom stereocenters. The van der Waals surface area contributed by atoms with Crippen LogP contribution in [0, 0.1) is 0 Å². The van der Waals surface area contributed by atoms with Crippen molar-refractivity contribution in [3.05, 3.63) is 0 Å². The van der Waals surface area contributed by atoms with Gasteiger partial charge in [0, 0.05) is 0 Å². The molecular formula is C8H15Cl2NO2. The Hall–Kier alpha value is 0.01000. The Bertz CT molecular complexity index is 172. The molecule has 78 valence electrons. The van der Waals surface area contributed by atoms with Gasteiger partial charge in [-0.1, -0.05) is 13.3 Å². The van der Waals surface area contributed by atoms with E-state index in [1.54, 1.807) is 13.8 Å². The fraction of sp³-hybridized carbons (Fsp3) is 0.875. The van der Waals surface area contributed by atoms with Crippen LogP contribution in [-0.2, 0) is 9.53 Å². The molecule has 0 N–H and O–H groups in total. The largest absolute Gasteiger partial charge is 0.464 e. The van der Waals surface area contributed by atoms with E-state index in [4.69, 9.17) is 28.3 Å². The lowest BCUT2D eigenvalue weighted by atomic mass is 10.1. The minimum Gasteiger partial charge on any atom is -0.464 e. The van der Waals surface area contributed by atoms with E-state index in [-0.39, 0.29) is 0 Å². The molecule has 0 aromatic carbocycles. The number of nitrogens with zero attached hydrogens (tertiary/aromatic N) is 1. The molecule has 0 heterocycles. The van der Waals surface area contributed by atoms with Crippen LogP contribution in [-0.4, -0.2) is 22.1 Å². The summed E-state index contributed by atoms with van der Waals surface area (Å²) in [5.74, 6) is -0.411. The van der Waals surface area contributed by atoms with Gasteiger partial charge in [0.1, 0.15) is 5.54 Å². The Morgan fingerprint density at radius 2 is 2.00 bits per heavy atom. The highest BCUT2D eigenvalue weighted by molar-refractivity contribution is 6.35. The standard InChI is InChI=1S/C8H15Cl2NO2/c1-4-5-6-13-7(12)8(2,3)11(9)10/h4-6H2,1-3H3. The van der Waals surface area contributed by atoms with Crippen molar-refractivity contribution in [2.45, 2.75) is 39.2 Å². The van der Waals surface area contributed by atoms with Crippen LogP contribution in [0.4, 0.5) is 0 Å².